The number of aryl methyl sites for hydroxylation is 1. The Hall–Kier alpha value is -0.116. The van der Waals surface area contributed by atoms with Gasteiger partial charge in [0.1, 0.15) is 0 Å². The fourth-order valence-corrected chi connectivity index (χ4v) is 1.84. The monoisotopic (exact) mass is 354 g/mol. The second kappa shape index (κ2) is 10.6. The standard InChI is InChI=1S/C13H13O2.3ClH.Ti/c1-9-11(8-13(14)15-2)7-10-5-3-4-6-12(9)10;;;;/h3-7H,8H2,1-2H3;3*1H;/q-1;;;;+4/p-3. The second-order valence-corrected chi connectivity index (χ2v) is 3.63. The summed E-state index contributed by atoms with van der Waals surface area (Å²) in [5, 5.41) is 2.41. The van der Waals surface area contributed by atoms with Gasteiger partial charge in [-0.1, -0.05) is 13.0 Å². The van der Waals surface area contributed by atoms with Crippen LogP contribution in [0.25, 0.3) is 10.8 Å². The van der Waals surface area contributed by atoms with Crippen LogP contribution >= 0.6 is 0 Å². The van der Waals surface area contributed by atoms with E-state index in [4.69, 9.17) is 0 Å². The zero-order valence-corrected chi connectivity index (χ0v) is 14.4. The first-order chi connectivity index (χ1) is 7.22. The second-order valence-electron chi connectivity index (χ2n) is 3.63. The molecule has 6 heteroatoms. The molecule has 0 amide bonds. The molecule has 0 radical (unpaired) electrons. The van der Waals surface area contributed by atoms with Gasteiger partial charge in [-0.25, -0.2) is 0 Å². The van der Waals surface area contributed by atoms with E-state index >= 15 is 0 Å². The predicted molar refractivity (Wildman–Crippen MR) is 60.0 cm³/mol. The number of halogens is 3. The van der Waals surface area contributed by atoms with Crippen molar-refractivity contribution < 1.29 is 68.5 Å². The van der Waals surface area contributed by atoms with E-state index in [1.165, 1.54) is 23.4 Å². The van der Waals surface area contributed by atoms with Crippen molar-refractivity contribution in [1.82, 2.24) is 0 Å². The molecule has 0 bridgehead atoms. The molecule has 0 N–H and O–H groups in total. The van der Waals surface area contributed by atoms with Crippen LogP contribution in [-0.2, 0) is 37.7 Å². The molecule has 0 saturated heterocycles. The van der Waals surface area contributed by atoms with Gasteiger partial charge in [0.05, 0.1) is 13.5 Å². The molecule has 2 nitrogen and oxygen atoms in total. The quantitative estimate of drug-likeness (QED) is 0.304. The van der Waals surface area contributed by atoms with Gasteiger partial charge in [-0.15, -0.1) is 40.6 Å². The van der Waals surface area contributed by atoms with Crippen LogP contribution in [0, 0.1) is 6.92 Å². The van der Waals surface area contributed by atoms with Crippen molar-refractivity contribution in [2.45, 2.75) is 13.3 Å². The molecule has 0 aromatic heterocycles. The van der Waals surface area contributed by atoms with E-state index in [2.05, 4.69) is 22.9 Å². The van der Waals surface area contributed by atoms with Crippen LogP contribution in [0.5, 0.6) is 0 Å². The Labute approximate surface area is 146 Å². The van der Waals surface area contributed by atoms with Crippen LogP contribution in [0.1, 0.15) is 11.1 Å². The molecule has 0 aliphatic rings. The van der Waals surface area contributed by atoms with Gasteiger partial charge in [0.25, 0.3) is 0 Å². The van der Waals surface area contributed by atoms with Crippen LogP contribution in [-0.4, -0.2) is 13.1 Å². The number of fused-ring (bicyclic) bond motifs is 1. The molecule has 0 aliphatic heterocycles. The Balaban J connectivity index is -0.000000640. The number of hydrogen-bond acceptors (Lipinski definition) is 2. The van der Waals surface area contributed by atoms with Crippen LogP contribution in [0.4, 0.5) is 0 Å². The largest absolute Gasteiger partial charge is 4.00 e. The van der Waals surface area contributed by atoms with E-state index in [0.29, 0.717) is 6.42 Å². The summed E-state index contributed by atoms with van der Waals surface area (Å²) < 4.78 is 4.67. The van der Waals surface area contributed by atoms with E-state index in [9.17, 15) is 4.79 Å². The van der Waals surface area contributed by atoms with E-state index in [-0.39, 0.29) is 64.9 Å². The van der Waals surface area contributed by atoms with Crippen molar-refractivity contribution in [3.63, 3.8) is 0 Å². The topological polar surface area (TPSA) is 26.3 Å². The summed E-state index contributed by atoms with van der Waals surface area (Å²) >= 11 is 0. The molecular weight excluding hydrogens is 342 g/mol. The third-order valence-electron chi connectivity index (χ3n) is 2.74. The van der Waals surface area contributed by atoms with Crippen molar-refractivity contribution in [2.24, 2.45) is 0 Å². The van der Waals surface area contributed by atoms with Crippen molar-refractivity contribution in [3.05, 3.63) is 41.5 Å². The molecule has 2 aromatic rings. The Morgan fingerprint density at radius 1 is 1.21 bits per heavy atom. The predicted octanol–water partition coefficient (Wildman–Crippen LogP) is -6.41. The van der Waals surface area contributed by atoms with E-state index in [0.717, 1.165) is 5.56 Å². The maximum absolute atomic E-state index is 11.2. The fraction of sp³-hybridized carbons (Fsp3) is 0.231. The zero-order chi connectivity index (χ0) is 10.8. The minimum atomic E-state index is -0.187. The van der Waals surface area contributed by atoms with Gasteiger partial charge in [-0.05, 0) is 0 Å². The van der Waals surface area contributed by atoms with Gasteiger partial charge in [-0.3, -0.25) is 4.79 Å². The van der Waals surface area contributed by atoms with Gasteiger partial charge in [0.2, 0.25) is 0 Å². The molecule has 0 fully saturated rings. The average molecular weight is 355 g/mol. The number of methoxy groups -OCH3 is 1. The van der Waals surface area contributed by atoms with Crippen LogP contribution in [0.3, 0.4) is 0 Å². The minimum Gasteiger partial charge on any atom is -1.00 e. The summed E-state index contributed by atoms with van der Waals surface area (Å²) in [4.78, 5) is 11.2. The smallest absolute Gasteiger partial charge is 1.00 e. The minimum absolute atomic E-state index is 0. The molecule has 0 spiro atoms. The number of benzene rings is 1. The summed E-state index contributed by atoms with van der Waals surface area (Å²) in [5.41, 5.74) is 2.24. The first-order valence-corrected chi connectivity index (χ1v) is 4.93. The molecule has 2 aromatic carbocycles. The summed E-state index contributed by atoms with van der Waals surface area (Å²) in [6.07, 6.45) is 0.358. The molecule has 0 unspecified atom stereocenters. The fourth-order valence-electron chi connectivity index (χ4n) is 1.84. The van der Waals surface area contributed by atoms with Gasteiger partial charge < -0.3 is 42.0 Å². The van der Waals surface area contributed by atoms with Gasteiger partial charge in [0.15, 0.2) is 0 Å². The number of hydrogen-bond donors (Lipinski definition) is 0. The number of carbonyl (C=O) groups is 1. The van der Waals surface area contributed by atoms with Crippen molar-refractivity contribution in [2.75, 3.05) is 7.11 Å². The third-order valence-corrected chi connectivity index (χ3v) is 2.74. The molecule has 0 atom stereocenters. The van der Waals surface area contributed by atoms with E-state index in [1.54, 1.807) is 0 Å². The molecule has 102 valence electrons. The molecule has 0 aliphatic carbocycles. The molecule has 19 heavy (non-hydrogen) atoms. The summed E-state index contributed by atoms with van der Waals surface area (Å²) in [6, 6.07) is 10.2. The normalized spacial score (nSPS) is 8.32. The summed E-state index contributed by atoms with van der Waals surface area (Å²) in [6.45, 7) is 2.04. The molecular formula is C13H13Cl3O2Ti. The Kier molecular flexibility index (Phi) is 13.4. The molecule has 0 heterocycles. The summed E-state index contributed by atoms with van der Waals surface area (Å²) in [5.74, 6) is -0.187. The van der Waals surface area contributed by atoms with Crippen LogP contribution in [0.15, 0.2) is 30.3 Å². The van der Waals surface area contributed by atoms with Crippen LogP contribution < -0.4 is 37.2 Å². The van der Waals surface area contributed by atoms with Gasteiger partial charge >= 0.3 is 27.7 Å². The first-order valence-electron chi connectivity index (χ1n) is 4.93. The van der Waals surface area contributed by atoms with E-state index in [1.807, 2.05) is 19.1 Å². The van der Waals surface area contributed by atoms with Crippen molar-refractivity contribution in [3.8, 4) is 0 Å². The zero-order valence-electron chi connectivity index (χ0n) is 10.5. The number of ether oxygens (including phenoxy) is 1. The van der Waals surface area contributed by atoms with Crippen LogP contribution in [0.2, 0.25) is 0 Å². The maximum atomic E-state index is 11.2. The summed E-state index contributed by atoms with van der Waals surface area (Å²) in [7, 11) is 1.42. The molecule has 2 rings (SSSR count). The first kappa shape index (κ1) is 23.9. The Morgan fingerprint density at radius 3 is 2.32 bits per heavy atom. The molecule has 0 saturated carbocycles. The van der Waals surface area contributed by atoms with Crippen molar-refractivity contribution >= 4 is 16.7 Å². The Bertz CT molecular complexity index is 512. The SMILES string of the molecule is COC(=O)Cc1[cH-]c2ccccc2c1C.[Cl-].[Cl-].[Cl-].[Ti+4]. The maximum Gasteiger partial charge on any atom is 4.00 e. The average Bonchev–Trinajstić information content (AvgIpc) is 2.57. The number of rotatable bonds is 2. The van der Waals surface area contributed by atoms with Gasteiger partial charge in [0, 0.05) is 0 Å². The Morgan fingerprint density at radius 2 is 1.79 bits per heavy atom. The third kappa shape index (κ3) is 5.41. The number of carbonyl (C=O) groups excluding carboxylic acids is 1. The van der Waals surface area contributed by atoms with E-state index < -0.39 is 0 Å². The van der Waals surface area contributed by atoms with Gasteiger partial charge in [-0.2, -0.15) is 5.56 Å². The number of esters is 1. The van der Waals surface area contributed by atoms with Crippen molar-refractivity contribution in [1.29, 1.82) is 0 Å².